The summed E-state index contributed by atoms with van der Waals surface area (Å²) >= 11 is 0. The minimum absolute atomic E-state index is 0.245. The van der Waals surface area contributed by atoms with E-state index in [4.69, 9.17) is 0 Å². The first-order valence-electron chi connectivity index (χ1n) is 8.85. The Kier molecular flexibility index (Phi) is 4.24. The van der Waals surface area contributed by atoms with Crippen molar-refractivity contribution >= 4 is 5.91 Å². The van der Waals surface area contributed by atoms with Crippen LogP contribution in [0.1, 0.15) is 17.8 Å². The van der Waals surface area contributed by atoms with Gasteiger partial charge in [0.25, 0.3) is 0 Å². The summed E-state index contributed by atoms with van der Waals surface area (Å²) in [7, 11) is 1.94. The first kappa shape index (κ1) is 15.9. The van der Waals surface area contributed by atoms with Crippen LogP contribution in [0, 0.1) is 24.7 Å². The largest absolute Gasteiger partial charge is 0.344 e. The number of likely N-dealkylation sites (tertiary alicyclic amines) is 1. The van der Waals surface area contributed by atoms with Gasteiger partial charge >= 0.3 is 0 Å². The molecule has 3 fully saturated rings. The summed E-state index contributed by atoms with van der Waals surface area (Å²) in [6.07, 6.45) is 4.90. The van der Waals surface area contributed by atoms with Crippen molar-refractivity contribution in [2.45, 2.75) is 25.9 Å². The second kappa shape index (κ2) is 6.38. The van der Waals surface area contributed by atoms with Crippen LogP contribution in [0.2, 0.25) is 0 Å². The molecular formula is C17H26N6O. The fourth-order valence-electron chi connectivity index (χ4n) is 4.22. The molecule has 0 spiro atoms. The van der Waals surface area contributed by atoms with Crippen LogP contribution in [-0.2, 0) is 11.3 Å². The molecule has 2 saturated heterocycles. The molecule has 4 atom stereocenters. The first-order chi connectivity index (χ1) is 11.6. The Hall–Kier alpha value is -1.57. The third kappa shape index (κ3) is 3.16. The second-order valence-corrected chi connectivity index (χ2v) is 7.46. The number of hydrazine groups is 1. The summed E-state index contributed by atoms with van der Waals surface area (Å²) in [6.45, 7) is 6.61. The molecule has 0 radical (unpaired) electrons. The van der Waals surface area contributed by atoms with Gasteiger partial charge in [0.1, 0.15) is 5.82 Å². The summed E-state index contributed by atoms with van der Waals surface area (Å²) in [5.74, 6) is 2.47. The molecular weight excluding hydrogens is 304 g/mol. The predicted molar refractivity (Wildman–Crippen MR) is 89.7 cm³/mol. The average molecular weight is 330 g/mol. The van der Waals surface area contributed by atoms with Crippen LogP contribution in [0.25, 0.3) is 0 Å². The van der Waals surface area contributed by atoms with Crippen molar-refractivity contribution in [1.29, 1.82) is 0 Å². The molecule has 2 N–H and O–H groups in total. The maximum Gasteiger partial charge on any atom is 0.226 e. The van der Waals surface area contributed by atoms with Gasteiger partial charge in [0, 0.05) is 69.7 Å². The lowest BCUT2D eigenvalue weighted by Crippen LogP contribution is -2.42. The third-order valence-electron chi connectivity index (χ3n) is 5.59. The maximum atomic E-state index is 12.6. The number of fused-ring (bicyclic) bond motifs is 1. The van der Waals surface area contributed by atoms with Crippen LogP contribution in [0.3, 0.4) is 0 Å². The van der Waals surface area contributed by atoms with Crippen molar-refractivity contribution in [2.75, 3.05) is 33.2 Å². The Morgan fingerprint density at radius 3 is 2.67 bits per heavy atom. The van der Waals surface area contributed by atoms with Crippen molar-refractivity contribution in [3.8, 4) is 0 Å². The number of carbonyl (C=O) groups is 1. The standard InChI is InChI=1S/C17H26N6O/c1-11-18-5-12(6-19-11)7-23-9-14-15(10-23)16(14)17(24)22(2)8-13-3-4-20-21-13/h5-6,13-16,20-21H,3-4,7-10H2,1-2H3/t13?,14-,15+,16?. The molecule has 0 bridgehead atoms. The minimum Gasteiger partial charge on any atom is -0.344 e. The molecule has 7 nitrogen and oxygen atoms in total. The zero-order chi connectivity index (χ0) is 16.7. The normalized spacial score (nSPS) is 31.9. The topological polar surface area (TPSA) is 73.4 Å². The van der Waals surface area contributed by atoms with Crippen molar-refractivity contribution in [2.24, 2.45) is 17.8 Å². The Morgan fingerprint density at radius 1 is 1.33 bits per heavy atom. The van der Waals surface area contributed by atoms with Gasteiger partial charge in [0.2, 0.25) is 5.91 Å². The van der Waals surface area contributed by atoms with Gasteiger partial charge in [-0.2, -0.15) is 0 Å². The van der Waals surface area contributed by atoms with Crippen molar-refractivity contribution in [3.63, 3.8) is 0 Å². The molecule has 1 saturated carbocycles. The Morgan fingerprint density at radius 2 is 2.04 bits per heavy atom. The zero-order valence-electron chi connectivity index (χ0n) is 14.4. The highest BCUT2D eigenvalue weighted by Gasteiger charge is 2.59. The highest BCUT2D eigenvalue weighted by atomic mass is 16.2. The highest BCUT2D eigenvalue weighted by molar-refractivity contribution is 5.82. The Labute approximate surface area is 142 Å². The number of piperidine rings is 1. The van der Waals surface area contributed by atoms with E-state index in [0.29, 0.717) is 23.8 Å². The monoisotopic (exact) mass is 330 g/mol. The van der Waals surface area contributed by atoms with E-state index in [2.05, 4.69) is 25.7 Å². The van der Waals surface area contributed by atoms with E-state index >= 15 is 0 Å². The van der Waals surface area contributed by atoms with Crippen LogP contribution in [0.15, 0.2) is 12.4 Å². The van der Waals surface area contributed by atoms with E-state index in [-0.39, 0.29) is 5.92 Å². The maximum absolute atomic E-state index is 12.6. The number of carbonyl (C=O) groups excluding carboxylic acids is 1. The first-order valence-corrected chi connectivity index (χ1v) is 8.85. The van der Waals surface area contributed by atoms with Gasteiger partial charge in [-0.05, 0) is 25.2 Å². The van der Waals surface area contributed by atoms with Gasteiger partial charge in [-0.1, -0.05) is 0 Å². The molecule has 24 heavy (non-hydrogen) atoms. The summed E-state index contributed by atoms with van der Waals surface area (Å²) in [4.78, 5) is 25.5. The van der Waals surface area contributed by atoms with Crippen LogP contribution in [0.5, 0.6) is 0 Å². The number of rotatable bonds is 5. The lowest BCUT2D eigenvalue weighted by atomic mass is 10.2. The number of nitrogens with zero attached hydrogens (tertiary/aromatic N) is 4. The number of likely N-dealkylation sites (N-methyl/N-ethyl adjacent to an activating group) is 1. The quantitative estimate of drug-likeness (QED) is 0.778. The van der Waals surface area contributed by atoms with Crippen LogP contribution < -0.4 is 10.9 Å². The van der Waals surface area contributed by atoms with Gasteiger partial charge in [-0.3, -0.25) is 20.5 Å². The van der Waals surface area contributed by atoms with E-state index in [1.807, 2.05) is 31.3 Å². The predicted octanol–water partition coefficient (Wildman–Crippen LogP) is -0.212. The molecule has 3 heterocycles. The molecule has 2 aliphatic heterocycles. The smallest absolute Gasteiger partial charge is 0.226 e. The molecule has 7 heteroatoms. The number of aryl methyl sites for hydroxylation is 1. The number of aromatic nitrogens is 2. The van der Waals surface area contributed by atoms with Gasteiger partial charge < -0.3 is 4.90 Å². The fourth-order valence-corrected chi connectivity index (χ4v) is 4.22. The molecule has 130 valence electrons. The van der Waals surface area contributed by atoms with E-state index in [0.717, 1.165) is 50.5 Å². The van der Waals surface area contributed by atoms with E-state index in [9.17, 15) is 4.79 Å². The fraction of sp³-hybridized carbons (Fsp3) is 0.706. The third-order valence-corrected chi connectivity index (χ3v) is 5.59. The summed E-state index contributed by atoms with van der Waals surface area (Å²) < 4.78 is 0. The second-order valence-electron chi connectivity index (χ2n) is 7.46. The van der Waals surface area contributed by atoms with Crippen molar-refractivity contribution < 1.29 is 4.79 Å². The summed E-state index contributed by atoms with van der Waals surface area (Å²) in [5.41, 5.74) is 7.51. The molecule has 2 unspecified atom stereocenters. The molecule has 3 aliphatic rings. The van der Waals surface area contributed by atoms with Crippen molar-refractivity contribution in [1.82, 2.24) is 30.6 Å². The number of amides is 1. The van der Waals surface area contributed by atoms with Gasteiger partial charge in [-0.25, -0.2) is 9.97 Å². The van der Waals surface area contributed by atoms with E-state index in [1.165, 1.54) is 0 Å². The van der Waals surface area contributed by atoms with Crippen LogP contribution in [-0.4, -0.2) is 64.9 Å². The van der Waals surface area contributed by atoms with Gasteiger partial charge in [0.15, 0.2) is 0 Å². The molecule has 1 amide bonds. The van der Waals surface area contributed by atoms with E-state index < -0.39 is 0 Å². The molecule has 1 aromatic rings. The average Bonchev–Trinajstić information content (AvgIpc) is 2.96. The highest BCUT2D eigenvalue weighted by Crippen LogP contribution is 2.52. The van der Waals surface area contributed by atoms with Crippen LogP contribution in [0.4, 0.5) is 0 Å². The number of hydrogen-bond acceptors (Lipinski definition) is 6. The Balaban J connectivity index is 1.25. The van der Waals surface area contributed by atoms with Gasteiger partial charge in [0.05, 0.1) is 0 Å². The SMILES string of the molecule is Cc1ncc(CN2C[C@@H]3C(C(=O)N(C)CC4CCNN4)[C@@H]3C2)cn1. The van der Waals surface area contributed by atoms with Gasteiger partial charge in [-0.15, -0.1) is 0 Å². The zero-order valence-corrected chi connectivity index (χ0v) is 14.4. The van der Waals surface area contributed by atoms with E-state index in [1.54, 1.807) is 0 Å². The molecule has 0 aromatic carbocycles. The summed E-state index contributed by atoms with van der Waals surface area (Å²) in [5, 5.41) is 0. The summed E-state index contributed by atoms with van der Waals surface area (Å²) in [6, 6.07) is 0.385. The Bertz CT molecular complexity index is 588. The molecule has 1 aliphatic carbocycles. The lowest BCUT2D eigenvalue weighted by molar-refractivity contribution is -0.132. The van der Waals surface area contributed by atoms with Crippen LogP contribution >= 0.6 is 0 Å². The van der Waals surface area contributed by atoms with Crippen molar-refractivity contribution in [3.05, 3.63) is 23.8 Å². The molecule has 4 rings (SSSR count). The minimum atomic E-state index is 0.245. The number of nitrogens with one attached hydrogen (secondary N) is 2. The lowest BCUT2D eigenvalue weighted by Gasteiger charge is -2.24. The number of hydrogen-bond donors (Lipinski definition) is 2. The molecule has 1 aromatic heterocycles.